The van der Waals surface area contributed by atoms with Gasteiger partial charge in [-0.1, -0.05) is 0 Å². The average Bonchev–Trinajstić information content (AvgIpc) is 2.28. The average molecular weight is 238 g/mol. The van der Waals surface area contributed by atoms with E-state index in [1.165, 1.54) is 7.11 Å². The molecule has 0 fully saturated rings. The third kappa shape index (κ3) is 11.1. The summed E-state index contributed by atoms with van der Waals surface area (Å²) in [5.41, 5.74) is 2.08. The molecule has 16 heavy (non-hydrogen) atoms. The van der Waals surface area contributed by atoms with E-state index in [0.717, 1.165) is 0 Å². The van der Waals surface area contributed by atoms with Crippen LogP contribution >= 0.6 is 0 Å². The Hall–Kier alpha value is -0.930. The van der Waals surface area contributed by atoms with Crippen LogP contribution in [0.15, 0.2) is 0 Å². The van der Waals surface area contributed by atoms with Crippen LogP contribution in [0, 0.1) is 0 Å². The van der Waals surface area contributed by atoms with Gasteiger partial charge in [-0.2, -0.15) is 5.48 Å². The fourth-order valence-corrected chi connectivity index (χ4v) is 0.667. The minimum atomic E-state index is -0.664. The van der Waals surface area contributed by atoms with Crippen molar-refractivity contribution in [3.63, 3.8) is 0 Å². The number of nitrogens with two attached hydrogens (primary N) is 1. The smallest absolute Gasteiger partial charge is 0.431 e. The molecule has 0 rings (SSSR count). The summed E-state index contributed by atoms with van der Waals surface area (Å²) in [6.45, 7) is 1.74. The van der Waals surface area contributed by atoms with E-state index < -0.39 is 6.09 Å². The number of nitrogens with one attached hydrogen (secondary N) is 1. The molecule has 0 atom stereocenters. The van der Waals surface area contributed by atoms with Crippen LogP contribution in [0.3, 0.4) is 0 Å². The van der Waals surface area contributed by atoms with Crippen molar-refractivity contribution in [2.24, 2.45) is 5.90 Å². The van der Waals surface area contributed by atoms with Gasteiger partial charge in [0.05, 0.1) is 33.0 Å². The lowest BCUT2D eigenvalue weighted by molar-refractivity contribution is -0.0204. The summed E-state index contributed by atoms with van der Waals surface area (Å²) in [4.78, 5) is 19.9. The Labute approximate surface area is 93.8 Å². The second-order valence-corrected chi connectivity index (χ2v) is 2.56. The highest BCUT2D eigenvalue weighted by atomic mass is 16.7. The lowest BCUT2D eigenvalue weighted by Gasteiger charge is -2.07. The normalized spacial score (nSPS) is 10.1. The molecule has 0 unspecified atom stereocenters. The van der Waals surface area contributed by atoms with Crippen LogP contribution in [0.2, 0.25) is 0 Å². The highest BCUT2D eigenvalue weighted by molar-refractivity contribution is 5.65. The Morgan fingerprint density at radius 2 is 1.88 bits per heavy atom. The first-order valence-electron chi connectivity index (χ1n) is 4.74. The Balaban J connectivity index is 3.09. The molecule has 3 N–H and O–H groups in total. The van der Waals surface area contributed by atoms with E-state index in [0.29, 0.717) is 26.4 Å². The summed E-state index contributed by atoms with van der Waals surface area (Å²) in [7, 11) is 1.51. The van der Waals surface area contributed by atoms with Gasteiger partial charge in [0.1, 0.15) is 6.61 Å². The summed E-state index contributed by atoms with van der Waals surface area (Å²) in [5.74, 6) is 4.77. The molecule has 8 nitrogen and oxygen atoms in total. The molecule has 0 spiro atoms. The Bertz CT molecular complexity index is 169. The number of methoxy groups -OCH3 is 1. The molecule has 0 aromatic rings. The van der Waals surface area contributed by atoms with Crippen LogP contribution in [0.4, 0.5) is 4.79 Å². The molecule has 0 aromatic heterocycles. The van der Waals surface area contributed by atoms with E-state index in [-0.39, 0.29) is 13.2 Å². The third-order valence-corrected chi connectivity index (χ3v) is 1.35. The summed E-state index contributed by atoms with van der Waals surface area (Å²) in [6, 6.07) is 0. The SMILES string of the molecule is COCCOC(=O)NOCCOCCON. The number of hydroxylamine groups is 1. The van der Waals surface area contributed by atoms with Gasteiger partial charge < -0.3 is 19.0 Å². The van der Waals surface area contributed by atoms with Crippen molar-refractivity contribution in [3.05, 3.63) is 0 Å². The van der Waals surface area contributed by atoms with E-state index in [9.17, 15) is 4.79 Å². The van der Waals surface area contributed by atoms with Crippen LogP contribution in [0.5, 0.6) is 0 Å². The minimum Gasteiger partial charge on any atom is -0.446 e. The fourth-order valence-electron chi connectivity index (χ4n) is 0.667. The summed E-state index contributed by atoms with van der Waals surface area (Å²) >= 11 is 0. The third-order valence-electron chi connectivity index (χ3n) is 1.35. The first-order chi connectivity index (χ1) is 7.81. The Morgan fingerprint density at radius 3 is 2.56 bits per heavy atom. The van der Waals surface area contributed by atoms with Gasteiger partial charge in [0.2, 0.25) is 0 Å². The van der Waals surface area contributed by atoms with Crippen LogP contribution in [-0.2, 0) is 23.9 Å². The summed E-state index contributed by atoms with van der Waals surface area (Å²) in [6.07, 6.45) is -0.664. The van der Waals surface area contributed by atoms with Gasteiger partial charge in [0.25, 0.3) is 0 Å². The highest BCUT2D eigenvalue weighted by Gasteiger charge is 2.00. The molecule has 0 aliphatic carbocycles. The molecule has 0 saturated heterocycles. The number of ether oxygens (including phenoxy) is 3. The molecular formula is C8H18N2O6. The Kier molecular flexibility index (Phi) is 11.4. The molecule has 0 bridgehead atoms. The van der Waals surface area contributed by atoms with Crippen molar-refractivity contribution in [2.75, 3.05) is 46.8 Å². The van der Waals surface area contributed by atoms with Crippen molar-refractivity contribution in [1.29, 1.82) is 0 Å². The van der Waals surface area contributed by atoms with Gasteiger partial charge in [0, 0.05) is 7.11 Å². The van der Waals surface area contributed by atoms with E-state index in [1.807, 2.05) is 0 Å². The van der Waals surface area contributed by atoms with Crippen molar-refractivity contribution >= 4 is 6.09 Å². The quantitative estimate of drug-likeness (QED) is 0.379. The minimum absolute atomic E-state index is 0.177. The maximum absolute atomic E-state index is 10.9. The van der Waals surface area contributed by atoms with Gasteiger partial charge in [-0.25, -0.2) is 10.7 Å². The maximum atomic E-state index is 10.9. The van der Waals surface area contributed by atoms with Crippen molar-refractivity contribution < 1.29 is 28.7 Å². The molecule has 0 saturated carbocycles. The van der Waals surface area contributed by atoms with E-state index in [4.69, 9.17) is 15.5 Å². The predicted molar refractivity (Wildman–Crippen MR) is 53.3 cm³/mol. The zero-order valence-corrected chi connectivity index (χ0v) is 9.27. The van der Waals surface area contributed by atoms with E-state index in [1.54, 1.807) is 0 Å². The van der Waals surface area contributed by atoms with Crippen LogP contribution in [0.1, 0.15) is 0 Å². The zero-order valence-electron chi connectivity index (χ0n) is 9.27. The van der Waals surface area contributed by atoms with E-state index in [2.05, 4.69) is 19.8 Å². The number of carbonyl (C=O) groups is 1. The van der Waals surface area contributed by atoms with Gasteiger partial charge in [-0.3, -0.25) is 4.84 Å². The Morgan fingerprint density at radius 1 is 1.12 bits per heavy atom. The molecule has 1 amide bonds. The monoisotopic (exact) mass is 238 g/mol. The molecule has 0 heterocycles. The molecular weight excluding hydrogens is 220 g/mol. The molecule has 0 radical (unpaired) electrons. The first-order valence-corrected chi connectivity index (χ1v) is 4.74. The number of carbonyl (C=O) groups excluding carboxylic acids is 1. The van der Waals surface area contributed by atoms with Crippen LogP contribution in [-0.4, -0.2) is 52.8 Å². The molecule has 0 aromatic carbocycles. The number of hydrogen-bond donors (Lipinski definition) is 2. The number of rotatable bonds is 10. The molecule has 8 heteroatoms. The maximum Gasteiger partial charge on any atom is 0.431 e. The topological polar surface area (TPSA) is 101 Å². The molecule has 96 valence electrons. The summed E-state index contributed by atoms with van der Waals surface area (Å²) in [5, 5.41) is 0. The lowest BCUT2D eigenvalue weighted by atomic mass is 10.7. The number of hydrogen-bond acceptors (Lipinski definition) is 7. The standard InChI is InChI=1S/C8H18N2O6/c1-12-2-5-14-8(11)10-16-7-4-13-3-6-15-9/h2-7,9H2,1H3,(H,10,11). The van der Waals surface area contributed by atoms with Gasteiger partial charge in [-0.15, -0.1) is 0 Å². The first kappa shape index (κ1) is 15.1. The van der Waals surface area contributed by atoms with Crippen LogP contribution < -0.4 is 11.4 Å². The lowest BCUT2D eigenvalue weighted by Crippen LogP contribution is -2.27. The second-order valence-electron chi connectivity index (χ2n) is 2.56. The van der Waals surface area contributed by atoms with Gasteiger partial charge >= 0.3 is 6.09 Å². The zero-order chi connectivity index (χ0) is 12.1. The second kappa shape index (κ2) is 12.1. The molecule has 0 aliphatic heterocycles. The molecule has 0 aliphatic rings. The van der Waals surface area contributed by atoms with E-state index >= 15 is 0 Å². The summed E-state index contributed by atoms with van der Waals surface area (Å²) < 4.78 is 14.3. The predicted octanol–water partition coefficient (Wildman–Crippen LogP) is -0.802. The largest absolute Gasteiger partial charge is 0.446 e. The van der Waals surface area contributed by atoms with Crippen molar-refractivity contribution in [2.45, 2.75) is 0 Å². The van der Waals surface area contributed by atoms with Gasteiger partial charge in [0.15, 0.2) is 0 Å². The van der Waals surface area contributed by atoms with Crippen molar-refractivity contribution in [3.8, 4) is 0 Å². The highest BCUT2D eigenvalue weighted by Crippen LogP contribution is 1.80. The fraction of sp³-hybridized carbons (Fsp3) is 0.875. The van der Waals surface area contributed by atoms with Gasteiger partial charge in [-0.05, 0) is 0 Å². The number of amides is 1. The van der Waals surface area contributed by atoms with Crippen molar-refractivity contribution in [1.82, 2.24) is 5.48 Å². The van der Waals surface area contributed by atoms with Crippen LogP contribution in [0.25, 0.3) is 0 Å².